The third-order valence-corrected chi connectivity index (χ3v) is 5.42. The first-order chi connectivity index (χ1) is 14.5. The van der Waals surface area contributed by atoms with Crippen molar-refractivity contribution in [1.29, 1.82) is 0 Å². The lowest BCUT2D eigenvalue weighted by Crippen LogP contribution is -2.22. The lowest BCUT2D eigenvalue weighted by atomic mass is 10.1. The molecule has 0 saturated heterocycles. The van der Waals surface area contributed by atoms with E-state index in [0.717, 1.165) is 40.6 Å². The van der Waals surface area contributed by atoms with Crippen LogP contribution >= 0.6 is 0 Å². The third kappa shape index (κ3) is 4.46. The molecule has 2 aromatic heterocycles. The number of rotatable bonds is 5. The van der Waals surface area contributed by atoms with Crippen molar-refractivity contribution in [3.8, 4) is 0 Å². The summed E-state index contributed by atoms with van der Waals surface area (Å²) in [5.41, 5.74) is 1.20. The van der Waals surface area contributed by atoms with Crippen molar-refractivity contribution < 1.29 is 21.6 Å². The molecule has 11 heteroatoms. The molecule has 0 atom stereocenters. The lowest BCUT2D eigenvalue weighted by molar-refractivity contribution is 0.0315. The van der Waals surface area contributed by atoms with Crippen LogP contribution in [0.3, 0.4) is 0 Å². The molecular weight excluding hydrogens is 431 g/mol. The van der Waals surface area contributed by atoms with E-state index in [1.165, 1.54) is 12.3 Å². The number of aromatic nitrogens is 3. The predicted molar refractivity (Wildman–Crippen MR) is 111 cm³/mol. The molecule has 162 valence electrons. The Balaban J connectivity index is 1.84. The van der Waals surface area contributed by atoms with Gasteiger partial charge in [-0.3, -0.25) is 4.99 Å². The summed E-state index contributed by atoms with van der Waals surface area (Å²) >= 11 is 0. The Kier molecular flexibility index (Phi) is 5.08. The second-order valence-corrected chi connectivity index (χ2v) is 9.57. The van der Waals surface area contributed by atoms with Crippen molar-refractivity contribution in [2.75, 3.05) is 18.1 Å². The first kappa shape index (κ1) is 21.0. The molecule has 3 heterocycles. The zero-order valence-electron chi connectivity index (χ0n) is 16.6. The molecule has 1 aromatic carbocycles. The van der Waals surface area contributed by atoms with Gasteiger partial charge in [-0.15, -0.1) is 5.10 Å². The van der Waals surface area contributed by atoms with Crippen molar-refractivity contribution in [1.82, 2.24) is 14.6 Å². The van der Waals surface area contributed by atoms with Crippen LogP contribution < -0.4 is 5.32 Å². The molecule has 4 rings (SSSR count). The molecule has 0 spiro atoms. The summed E-state index contributed by atoms with van der Waals surface area (Å²) in [6.45, 7) is 2.35. The number of aliphatic imine (C=N–C) groups is 1. The fraction of sp³-hybridized carbons (Fsp3) is 0.250. The van der Waals surface area contributed by atoms with E-state index in [0.29, 0.717) is 23.5 Å². The molecule has 1 N–H and O–H groups in total. The number of hydrogen-bond acceptors (Lipinski definition) is 6. The number of anilines is 1. The first-order valence-electron chi connectivity index (χ1n) is 9.21. The Morgan fingerprint density at radius 2 is 1.94 bits per heavy atom. The van der Waals surface area contributed by atoms with Crippen molar-refractivity contribution in [2.45, 2.75) is 18.6 Å². The van der Waals surface area contributed by atoms with E-state index < -0.39 is 33.0 Å². The van der Waals surface area contributed by atoms with Crippen molar-refractivity contribution in [3.05, 3.63) is 70.9 Å². The first-order valence-corrected chi connectivity index (χ1v) is 11.3. The van der Waals surface area contributed by atoms with Crippen LogP contribution in [-0.2, 0) is 21.5 Å². The highest BCUT2D eigenvalue weighted by atomic mass is 32.2. The third-order valence-electron chi connectivity index (χ3n) is 4.56. The van der Waals surface area contributed by atoms with E-state index in [1.807, 2.05) is 6.92 Å². The molecule has 0 bridgehead atoms. The summed E-state index contributed by atoms with van der Waals surface area (Å²) in [6.07, 6.45) is 4.21. The number of nitrogens with one attached hydrogen (secondary N) is 1. The van der Waals surface area contributed by atoms with Crippen LogP contribution in [0, 0.1) is 5.82 Å². The zero-order valence-corrected chi connectivity index (χ0v) is 17.4. The molecule has 0 unspecified atom stereocenters. The van der Waals surface area contributed by atoms with Gasteiger partial charge in [-0.2, -0.15) is 8.78 Å². The molecular formula is C20H18F3N5O2S. The van der Waals surface area contributed by atoms with Crippen LogP contribution in [0.15, 0.2) is 53.2 Å². The Morgan fingerprint density at radius 3 is 2.55 bits per heavy atom. The average Bonchev–Trinajstić information content (AvgIpc) is 3.26. The monoisotopic (exact) mass is 449 g/mol. The number of sulfone groups is 1. The summed E-state index contributed by atoms with van der Waals surface area (Å²) < 4.78 is 68.0. The molecule has 0 fully saturated rings. The highest BCUT2D eigenvalue weighted by molar-refractivity contribution is 7.89. The van der Waals surface area contributed by atoms with E-state index >= 15 is 8.78 Å². The van der Waals surface area contributed by atoms with Crippen molar-refractivity contribution >= 4 is 27.0 Å². The largest absolute Gasteiger partial charge is 0.333 e. The Bertz CT molecular complexity index is 1330. The minimum Gasteiger partial charge on any atom is -0.323 e. The van der Waals surface area contributed by atoms with Gasteiger partial charge in [0.1, 0.15) is 17.2 Å². The van der Waals surface area contributed by atoms with E-state index in [4.69, 9.17) is 0 Å². The standard InChI is InChI=1S/C20H18F3N5O2S/c1-12-7-17(24-9-12)25-18-16-8-13(11-31(2,29)30)10-28(16)27-19(26-18)20(22,23)14-3-5-15(21)6-4-14/h3-8,10H,9,11H2,1-2H3,(H,24,25,26,27). The fourth-order valence-corrected chi connectivity index (χ4v) is 3.94. The van der Waals surface area contributed by atoms with Gasteiger partial charge in [0.25, 0.3) is 0 Å². The number of amidine groups is 1. The van der Waals surface area contributed by atoms with Crippen LogP contribution in [0.1, 0.15) is 23.9 Å². The maximum atomic E-state index is 15.2. The van der Waals surface area contributed by atoms with E-state index in [1.54, 1.807) is 6.08 Å². The van der Waals surface area contributed by atoms with Crippen LogP contribution in [0.4, 0.5) is 19.0 Å². The van der Waals surface area contributed by atoms with Gasteiger partial charge >= 0.3 is 5.92 Å². The summed E-state index contributed by atoms with van der Waals surface area (Å²) in [4.78, 5) is 8.29. The maximum absolute atomic E-state index is 15.2. The van der Waals surface area contributed by atoms with Crippen molar-refractivity contribution in [3.63, 3.8) is 0 Å². The highest BCUT2D eigenvalue weighted by Gasteiger charge is 2.39. The average molecular weight is 449 g/mol. The summed E-state index contributed by atoms with van der Waals surface area (Å²) in [5.74, 6) is -4.87. The molecule has 0 aliphatic carbocycles. The maximum Gasteiger partial charge on any atom is 0.333 e. The Hall–Kier alpha value is -3.21. The predicted octanol–water partition coefficient (Wildman–Crippen LogP) is 3.32. The van der Waals surface area contributed by atoms with E-state index in [-0.39, 0.29) is 11.6 Å². The Morgan fingerprint density at radius 1 is 1.23 bits per heavy atom. The number of fused-ring (bicyclic) bond motifs is 1. The molecule has 0 radical (unpaired) electrons. The van der Waals surface area contributed by atoms with Gasteiger partial charge in [0, 0.05) is 18.0 Å². The quantitative estimate of drug-likeness (QED) is 0.646. The summed E-state index contributed by atoms with van der Waals surface area (Å²) in [5, 5.41) is 6.84. The molecule has 7 nitrogen and oxygen atoms in total. The smallest absolute Gasteiger partial charge is 0.323 e. The van der Waals surface area contributed by atoms with Gasteiger partial charge < -0.3 is 5.32 Å². The number of hydrogen-bond donors (Lipinski definition) is 1. The highest BCUT2D eigenvalue weighted by Crippen LogP contribution is 2.34. The zero-order chi connectivity index (χ0) is 22.4. The number of alkyl halides is 2. The van der Waals surface area contributed by atoms with Gasteiger partial charge in [-0.1, -0.05) is 0 Å². The molecule has 3 aromatic rings. The van der Waals surface area contributed by atoms with Gasteiger partial charge in [-0.25, -0.2) is 22.3 Å². The minimum absolute atomic E-state index is 0.0521. The number of benzene rings is 1. The van der Waals surface area contributed by atoms with Gasteiger partial charge in [0.15, 0.2) is 15.7 Å². The molecule has 0 amide bonds. The Labute approximate surface area is 176 Å². The van der Waals surface area contributed by atoms with Gasteiger partial charge in [-0.05, 0) is 54.5 Å². The summed E-state index contributed by atoms with van der Waals surface area (Å²) in [7, 11) is -3.35. The van der Waals surface area contributed by atoms with Crippen LogP contribution in [0.5, 0.6) is 0 Å². The SMILES string of the molecule is CC1=CC(Nc2nc(C(F)(F)c3ccc(F)cc3)nn3cc(CS(C)(=O)=O)cc23)=NC1. The van der Waals surface area contributed by atoms with E-state index in [2.05, 4.69) is 20.4 Å². The van der Waals surface area contributed by atoms with E-state index in [9.17, 15) is 12.8 Å². The molecule has 1 aliphatic rings. The fourth-order valence-electron chi connectivity index (χ4n) is 3.18. The molecule has 0 saturated carbocycles. The van der Waals surface area contributed by atoms with Gasteiger partial charge in [0.2, 0.25) is 5.82 Å². The number of nitrogens with zero attached hydrogens (tertiary/aromatic N) is 4. The van der Waals surface area contributed by atoms with Crippen molar-refractivity contribution in [2.24, 2.45) is 4.99 Å². The summed E-state index contributed by atoms with van der Waals surface area (Å²) in [6, 6.07) is 5.32. The van der Waals surface area contributed by atoms with Crippen LogP contribution in [0.25, 0.3) is 5.52 Å². The van der Waals surface area contributed by atoms with Crippen LogP contribution in [-0.4, -0.2) is 41.7 Å². The molecule has 31 heavy (non-hydrogen) atoms. The second kappa shape index (κ2) is 7.49. The second-order valence-electron chi connectivity index (χ2n) is 7.43. The van der Waals surface area contributed by atoms with Crippen LogP contribution in [0.2, 0.25) is 0 Å². The minimum atomic E-state index is -3.62. The topological polar surface area (TPSA) is 88.7 Å². The molecule has 1 aliphatic heterocycles. The lowest BCUT2D eigenvalue weighted by Gasteiger charge is -2.17. The normalized spacial score (nSPS) is 14.6. The van der Waals surface area contributed by atoms with Gasteiger partial charge in [0.05, 0.1) is 12.3 Å². The number of halogens is 3.